The quantitative estimate of drug-likeness (QED) is 0.672. The molecule has 0 heterocycles. The maximum absolute atomic E-state index is 12.4. The first-order valence-corrected chi connectivity index (χ1v) is 8.93. The van der Waals surface area contributed by atoms with Gasteiger partial charge in [-0.2, -0.15) is 0 Å². The summed E-state index contributed by atoms with van der Waals surface area (Å²) in [6.07, 6.45) is -0.646. The molecule has 0 aromatic heterocycles. The summed E-state index contributed by atoms with van der Waals surface area (Å²) < 4.78 is 10.8. The van der Waals surface area contributed by atoms with Crippen molar-refractivity contribution in [1.82, 2.24) is 0 Å². The van der Waals surface area contributed by atoms with Crippen LogP contribution < -0.4 is 14.8 Å². The van der Waals surface area contributed by atoms with Gasteiger partial charge in [-0.3, -0.25) is 4.79 Å². The summed E-state index contributed by atoms with van der Waals surface area (Å²) in [5.41, 5.74) is 2.44. The fourth-order valence-corrected chi connectivity index (χ4v) is 2.50. The maximum atomic E-state index is 12.4. The molecule has 1 unspecified atom stereocenters. The number of carbonyl (C=O) groups excluding carboxylic acids is 1. The number of amides is 1. The van der Waals surface area contributed by atoms with Gasteiger partial charge in [0, 0.05) is 16.8 Å². The number of methoxy groups -OCH3 is 1. The van der Waals surface area contributed by atoms with Gasteiger partial charge in [0.2, 0.25) is 0 Å². The first-order valence-electron chi connectivity index (χ1n) is 8.93. The minimum atomic E-state index is -0.646. The fourth-order valence-electron chi connectivity index (χ4n) is 2.50. The molecule has 28 heavy (non-hydrogen) atoms. The van der Waals surface area contributed by atoms with Gasteiger partial charge in [0.1, 0.15) is 11.5 Å². The summed E-state index contributed by atoms with van der Waals surface area (Å²) in [6.45, 7) is 1.71. The van der Waals surface area contributed by atoms with Crippen LogP contribution in [0.4, 0.5) is 5.69 Å². The van der Waals surface area contributed by atoms with Gasteiger partial charge in [0.05, 0.1) is 7.11 Å². The fraction of sp³-hybridized carbons (Fsp3) is 0.125. The summed E-state index contributed by atoms with van der Waals surface area (Å²) in [7, 11) is 1.60. The van der Waals surface area contributed by atoms with Crippen LogP contribution in [0.25, 0.3) is 0 Å². The predicted molar refractivity (Wildman–Crippen MR) is 111 cm³/mol. The van der Waals surface area contributed by atoms with Gasteiger partial charge in [-0.05, 0) is 61.5 Å². The van der Waals surface area contributed by atoms with Crippen molar-refractivity contribution in [2.24, 2.45) is 0 Å². The smallest absolute Gasteiger partial charge is 0.265 e. The van der Waals surface area contributed by atoms with E-state index in [0.29, 0.717) is 11.4 Å². The molecule has 3 aromatic rings. The Labute approximate surface area is 165 Å². The molecule has 0 spiro atoms. The zero-order valence-electron chi connectivity index (χ0n) is 15.8. The third-order valence-corrected chi connectivity index (χ3v) is 4.00. The van der Waals surface area contributed by atoms with E-state index in [0.717, 1.165) is 16.9 Å². The number of anilines is 1. The van der Waals surface area contributed by atoms with Crippen LogP contribution in [-0.4, -0.2) is 19.1 Å². The molecule has 0 aliphatic rings. The number of hydrogen-bond acceptors (Lipinski definition) is 3. The lowest BCUT2D eigenvalue weighted by Crippen LogP contribution is -2.30. The molecule has 1 amide bonds. The molecule has 0 aliphatic heterocycles. The number of ether oxygens (including phenoxy) is 2. The normalized spacial score (nSPS) is 10.9. The van der Waals surface area contributed by atoms with Gasteiger partial charge >= 0.3 is 0 Å². The van der Waals surface area contributed by atoms with Gasteiger partial charge in [0.15, 0.2) is 6.10 Å². The topological polar surface area (TPSA) is 47.6 Å². The van der Waals surface area contributed by atoms with Gasteiger partial charge < -0.3 is 14.8 Å². The molecule has 0 bridgehead atoms. The Balaban J connectivity index is 1.62. The molecule has 3 aromatic carbocycles. The van der Waals surface area contributed by atoms with E-state index in [1.165, 1.54) is 0 Å². The van der Waals surface area contributed by atoms with E-state index in [9.17, 15) is 4.79 Å². The molecule has 0 aliphatic carbocycles. The molecule has 3 rings (SSSR count). The van der Waals surface area contributed by atoms with Crippen LogP contribution in [0, 0.1) is 11.8 Å². The lowest BCUT2D eigenvalue weighted by molar-refractivity contribution is -0.122. The molecule has 0 saturated heterocycles. The summed E-state index contributed by atoms with van der Waals surface area (Å²) in [5.74, 6) is 7.32. The molecule has 140 valence electrons. The van der Waals surface area contributed by atoms with Crippen LogP contribution in [0.1, 0.15) is 18.1 Å². The van der Waals surface area contributed by atoms with Gasteiger partial charge in [-0.25, -0.2) is 0 Å². The van der Waals surface area contributed by atoms with Crippen molar-refractivity contribution in [3.63, 3.8) is 0 Å². The largest absolute Gasteiger partial charge is 0.497 e. The second-order valence-electron chi connectivity index (χ2n) is 6.12. The zero-order chi connectivity index (χ0) is 19.8. The van der Waals surface area contributed by atoms with Crippen molar-refractivity contribution < 1.29 is 14.3 Å². The minimum Gasteiger partial charge on any atom is -0.497 e. The Bertz CT molecular complexity index is 986. The average Bonchev–Trinajstić information content (AvgIpc) is 2.74. The van der Waals surface area contributed by atoms with Crippen molar-refractivity contribution >= 4 is 11.6 Å². The van der Waals surface area contributed by atoms with Crippen LogP contribution in [0.2, 0.25) is 0 Å². The maximum Gasteiger partial charge on any atom is 0.265 e. The van der Waals surface area contributed by atoms with Gasteiger partial charge in [0.25, 0.3) is 5.91 Å². The minimum absolute atomic E-state index is 0.232. The van der Waals surface area contributed by atoms with E-state index < -0.39 is 6.10 Å². The van der Waals surface area contributed by atoms with E-state index in [1.807, 2.05) is 54.6 Å². The van der Waals surface area contributed by atoms with Crippen LogP contribution in [0.3, 0.4) is 0 Å². The van der Waals surface area contributed by atoms with Crippen molar-refractivity contribution in [3.05, 3.63) is 90.0 Å². The highest BCUT2D eigenvalue weighted by Gasteiger charge is 2.15. The third-order valence-electron chi connectivity index (χ3n) is 4.00. The highest BCUT2D eigenvalue weighted by molar-refractivity contribution is 5.94. The standard InChI is InChI=1S/C24H21NO3/c1-18(28-23-15-13-22(27-2)14-16-23)24(26)25-21-10-6-9-20(17-21)12-11-19-7-4-3-5-8-19/h3-10,13-18H,1-2H3,(H,25,26). The first kappa shape index (κ1) is 19.1. The Morgan fingerprint density at radius 3 is 2.21 bits per heavy atom. The first-order chi connectivity index (χ1) is 13.6. The van der Waals surface area contributed by atoms with Crippen LogP contribution in [0.5, 0.6) is 11.5 Å². The van der Waals surface area contributed by atoms with E-state index in [4.69, 9.17) is 9.47 Å². The number of nitrogens with one attached hydrogen (secondary N) is 1. The molecular weight excluding hydrogens is 350 g/mol. The van der Waals surface area contributed by atoms with Gasteiger partial charge in [-0.15, -0.1) is 0 Å². The summed E-state index contributed by atoms with van der Waals surface area (Å²) >= 11 is 0. The van der Waals surface area contributed by atoms with Crippen molar-refractivity contribution in [2.45, 2.75) is 13.0 Å². The van der Waals surface area contributed by atoms with Crippen molar-refractivity contribution in [2.75, 3.05) is 12.4 Å². The van der Waals surface area contributed by atoms with Crippen LogP contribution in [0.15, 0.2) is 78.9 Å². The van der Waals surface area contributed by atoms with Gasteiger partial charge in [-0.1, -0.05) is 36.1 Å². The SMILES string of the molecule is COc1ccc(OC(C)C(=O)Nc2cccc(C#Cc3ccccc3)c2)cc1. The molecule has 1 N–H and O–H groups in total. The van der Waals surface area contributed by atoms with Crippen LogP contribution >= 0.6 is 0 Å². The number of hydrogen-bond donors (Lipinski definition) is 1. The summed E-state index contributed by atoms with van der Waals surface area (Å²) in [6, 6.07) is 24.3. The molecule has 4 nitrogen and oxygen atoms in total. The number of rotatable bonds is 5. The molecule has 0 saturated carbocycles. The Morgan fingerprint density at radius 1 is 0.857 bits per heavy atom. The molecule has 0 radical (unpaired) electrons. The number of carbonyl (C=O) groups is 1. The highest BCUT2D eigenvalue weighted by Crippen LogP contribution is 2.19. The molecule has 4 heteroatoms. The van der Waals surface area contributed by atoms with Crippen LogP contribution in [-0.2, 0) is 4.79 Å². The highest BCUT2D eigenvalue weighted by atomic mass is 16.5. The summed E-state index contributed by atoms with van der Waals surface area (Å²) in [4.78, 5) is 12.4. The molecular formula is C24H21NO3. The van der Waals surface area contributed by atoms with E-state index in [-0.39, 0.29) is 5.91 Å². The van der Waals surface area contributed by atoms with E-state index >= 15 is 0 Å². The third kappa shape index (κ3) is 5.39. The lowest BCUT2D eigenvalue weighted by Gasteiger charge is -2.15. The second-order valence-corrected chi connectivity index (χ2v) is 6.12. The Hall–Kier alpha value is -3.71. The second kappa shape index (κ2) is 9.29. The lowest BCUT2D eigenvalue weighted by atomic mass is 10.1. The monoisotopic (exact) mass is 371 g/mol. The van der Waals surface area contributed by atoms with Crippen molar-refractivity contribution in [3.8, 4) is 23.3 Å². The Kier molecular flexibility index (Phi) is 6.33. The zero-order valence-corrected chi connectivity index (χ0v) is 15.8. The van der Waals surface area contributed by atoms with E-state index in [2.05, 4.69) is 17.2 Å². The average molecular weight is 371 g/mol. The molecule has 1 atom stereocenters. The Morgan fingerprint density at radius 2 is 1.50 bits per heavy atom. The number of benzene rings is 3. The summed E-state index contributed by atoms with van der Waals surface area (Å²) in [5, 5.41) is 2.87. The predicted octanol–water partition coefficient (Wildman–Crippen LogP) is 4.50. The van der Waals surface area contributed by atoms with Crippen molar-refractivity contribution in [1.29, 1.82) is 0 Å². The van der Waals surface area contributed by atoms with E-state index in [1.54, 1.807) is 38.3 Å². The molecule has 0 fully saturated rings.